The van der Waals surface area contributed by atoms with Gasteiger partial charge in [0.05, 0.1) is 13.0 Å². The molecule has 4 nitrogen and oxygen atoms in total. The van der Waals surface area contributed by atoms with Gasteiger partial charge in [0, 0.05) is 16.7 Å². The number of nitrogens with one attached hydrogen (secondary N) is 1. The molecule has 0 bridgehead atoms. The minimum absolute atomic E-state index is 0.0169. The zero-order valence-corrected chi connectivity index (χ0v) is 14.6. The fourth-order valence-corrected chi connectivity index (χ4v) is 5.61. The molecule has 4 heteroatoms. The molecule has 1 aromatic rings. The van der Waals surface area contributed by atoms with Gasteiger partial charge in [-0.15, -0.1) is 0 Å². The second-order valence-corrected chi connectivity index (χ2v) is 8.54. The maximum Gasteiger partial charge on any atom is 0.306 e. The van der Waals surface area contributed by atoms with Crippen molar-refractivity contribution in [2.24, 2.45) is 11.3 Å². The predicted molar refractivity (Wildman–Crippen MR) is 93.0 cm³/mol. The maximum atomic E-state index is 12.8. The lowest BCUT2D eigenvalue weighted by atomic mass is 9.64. The Morgan fingerprint density at radius 3 is 2.84 bits per heavy atom. The summed E-state index contributed by atoms with van der Waals surface area (Å²) < 4.78 is 5.51. The topological polar surface area (TPSA) is 55.4 Å². The highest BCUT2D eigenvalue weighted by Gasteiger charge is 2.60. The van der Waals surface area contributed by atoms with E-state index in [-0.39, 0.29) is 34.7 Å². The van der Waals surface area contributed by atoms with Crippen LogP contribution >= 0.6 is 0 Å². The van der Waals surface area contributed by atoms with Crippen LogP contribution in [0.2, 0.25) is 0 Å². The second kappa shape index (κ2) is 5.33. The molecule has 1 unspecified atom stereocenters. The van der Waals surface area contributed by atoms with Crippen LogP contribution < -0.4 is 5.32 Å². The van der Waals surface area contributed by atoms with Crippen LogP contribution in [0.4, 0.5) is 0 Å². The molecule has 1 saturated heterocycles. The number of carbonyl (C=O) groups excluding carboxylic acids is 2. The molecule has 4 aliphatic rings. The normalized spacial score (nSPS) is 34.3. The molecule has 3 atom stereocenters. The molecule has 1 amide bonds. The van der Waals surface area contributed by atoms with Crippen molar-refractivity contribution in [3.63, 3.8) is 0 Å². The smallest absolute Gasteiger partial charge is 0.306 e. The number of hydrogen-bond acceptors (Lipinski definition) is 3. The van der Waals surface area contributed by atoms with E-state index in [2.05, 4.69) is 29.6 Å². The second-order valence-electron chi connectivity index (χ2n) is 8.54. The van der Waals surface area contributed by atoms with Gasteiger partial charge in [-0.2, -0.15) is 0 Å². The molecule has 1 heterocycles. The molecule has 2 spiro atoms. The lowest BCUT2D eigenvalue weighted by Crippen LogP contribution is -2.45. The fraction of sp³-hybridized carbons (Fsp3) is 0.619. The maximum absolute atomic E-state index is 12.8. The van der Waals surface area contributed by atoms with Gasteiger partial charge in [0.2, 0.25) is 5.91 Å². The summed E-state index contributed by atoms with van der Waals surface area (Å²) in [6, 6.07) is 8.62. The molecule has 2 saturated carbocycles. The summed E-state index contributed by atoms with van der Waals surface area (Å²) in [6.45, 7) is 0.485. The highest BCUT2D eigenvalue weighted by Crippen LogP contribution is 2.60. The van der Waals surface area contributed by atoms with Crippen LogP contribution in [0.5, 0.6) is 0 Å². The Kier molecular flexibility index (Phi) is 3.28. The lowest BCUT2D eigenvalue weighted by Gasteiger charge is -2.40. The zero-order valence-electron chi connectivity index (χ0n) is 14.6. The van der Waals surface area contributed by atoms with Crippen LogP contribution in [0.1, 0.15) is 56.1 Å². The van der Waals surface area contributed by atoms with E-state index >= 15 is 0 Å². The zero-order chi connectivity index (χ0) is 17.1. The molecule has 1 aliphatic heterocycles. The van der Waals surface area contributed by atoms with E-state index in [0.717, 1.165) is 32.1 Å². The van der Waals surface area contributed by atoms with Crippen molar-refractivity contribution >= 4 is 11.9 Å². The number of hydrogen-bond donors (Lipinski definition) is 1. The molecular formula is C21H25NO3. The standard InChI is InChI=1S/C21H25NO3/c23-18-12-20(8-4-9-20)17(25-18)13-22-19(24)16-11-21(16)10-3-6-14-5-1-2-7-15(14)21/h1-2,5,7,16-17H,3-4,6,8-13H2,(H,22,24)/t16-,17?,21-/m0/s1. The summed E-state index contributed by atoms with van der Waals surface area (Å²) >= 11 is 0. The summed E-state index contributed by atoms with van der Waals surface area (Å²) in [5, 5.41) is 3.12. The molecule has 0 radical (unpaired) electrons. The van der Waals surface area contributed by atoms with Gasteiger partial charge in [0.15, 0.2) is 0 Å². The molecular weight excluding hydrogens is 314 g/mol. The molecule has 1 N–H and O–H groups in total. The Hall–Kier alpha value is -1.84. The Labute approximate surface area is 148 Å². The SMILES string of the molecule is O=C1CC2(CCC2)C(CNC(=O)[C@@H]2C[C@]23CCCc2ccccc23)O1. The third kappa shape index (κ3) is 2.26. The van der Waals surface area contributed by atoms with Crippen LogP contribution in [0.15, 0.2) is 24.3 Å². The number of ether oxygens (including phenoxy) is 1. The lowest BCUT2D eigenvalue weighted by molar-refractivity contribution is -0.142. The number of fused-ring (bicyclic) bond motifs is 2. The number of carbonyl (C=O) groups is 2. The van der Waals surface area contributed by atoms with Crippen LogP contribution in [0.3, 0.4) is 0 Å². The van der Waals surface area contributed by atoms with E-state index in [1.165, 1.54) is 24.0 Å². The molecule has 1 aromatic carbocycles. The Morgan fingerprint density at radius 1 is 1.20 bits per heavy atom. The van der Waals surface area contributed by atoms with Gasteiger partial charge in [-0.25, -0.2) is 0 Å². The van der Waals surface area contributed by atoms with Crippen LogP contribution in [-0.4, -0.2) is 24.5 Å². The van der Waals surface area contributed by atoms with Crippen molar-refractivity contribution in [1.82, 2.24) is 5.32 Å². The molecule has 132 valence electrons. The summed E-state index contributed by atoms with van der Waals surface area (Å²) in [7, 11) is 0. The molecule has 0 aromatic heterocycles. The van der Waals surface area contributed by atoms with Crippen molar-refractivity contribution in [2.75, 3.05) is 6.54 Å². The third-order valence-electron chi connectivity index (χ3n) is 7.28. The number of aryl methyl sites for hydroxylation is 1. The Balaban J connectivity index is 1.26. The minimum Gasteiger partial charge on any atom is -0.460 e. The van der Waals surface area contributed by atoms with Gasteiger partial charge in [0.1, 0.15) is 6.10 Å². The quantitative estimate of drug-likeness (QED) is 0.862. The van der Waals surface area contributed by atoms with Gasteiger partial charge in [-0.3, -0.25) is 9.59 Å². The van der Waals surface area contributed by atoms with Gasteiger partial charge in [0.25, 0.3) is 0 Å². The summed E-state index contributed by atoms with van der Waals surface area (Å²) in [5.41, 5.74) is 2.90. The van der Waals surface area contributed by atoms with E-state index in [9.17, 15) is 9.59 Å². The van der Waals surface area contributed by atoms with Crippen molar-refractivity contribution < 1.29 is 14.3 Å². The van der Waals surface area contributed by atoms with E-state index in [1.54, 1.807) is 0 Å². The van der Waals surface area contributed by atoms with E-state index in [0.29, 0.717) is 13.0 Å². The number of amides is 1. The average Bonchev–Trinajstić information content (AvgIpc) is 3.18. The molecule has 25 heavy (non-hydrogen) atoms. The first-order valence-electron chi connectivity index (χ1n) is 9.69. The van der Waals surface area contributed by atoms with Gasteiger partial charge in [-0.05, 0) is 49.7 Å². The number of cyclic esters (lactones) is 1. The van der Waals surface area contributed by atoms with Crippen molar-refractivity contribution in [3.05, 3.63) is 35.4 Å². The predicted octanol–water partition coefficient (Wildman–Crippen LogP) is 2.88. The van der Waals surface area contributed by atoms with Crippen LogP contribution in [0, 0.1) is 11.3 Å². The first-order valence-corrected chi connectivity index (χ1v) is 9.69. The van der Waals surface area contributed by atoms with E-state index in [4.69, 9.17) is 4.74 Å². The van der Waals surface area contributed by atoms with Gasteiger partial charge >= 0.3 is 5.97 Å². The summed E-state index contributed by atoms with van der Waals surface area (Å²) in [6.07, 6.45) is 8.08. The largest absolute Gasteiger partial charge is 0.460 e. The highest BCUT2D eigenvalue weighted by atomic mass is 16.6. The summed E-state index contributed by atoms with van der Waals surface area (Å²) in [4.78, 5) is 24.5. The van der Waals surface area contributed by atoms with Crippen molar-refractivity contribution in [1.29, 1.82) is 0 Å². The Bertz CT molecular complexity index is 738. The highest BCUT2D eigenvalue weighted by molar-refractivity contribution is 5.85. The monoisotopic (exact) mass is 339 g/mol. The third-order valence-corrected chi connectivity index (χ3v) is 7.28. The average molecular weight is 339 g/mol. The fourth-order valence-electron chi connectivity index (χ4n) is 5.61. The molecule has 3 aliphatic carbocycles. The Morgan fingerprint density at radius 2 is 2.04 bits per heavy atom. The molecule has 3 fully saturated rings. The van der Waals surface area contributed by atoms with Crippen molar-refractivity contribution in [2.45, 2.75) is 62.9 Å². The van der Waals surface area contributed by atoms with E-state index in [1.807, 2.05) is 0 Å². The van der Waals surface area contributed by atoms with Gasteiger partial charge in [-0.1, -0.05) is 30.7 Å². The van der Waals surface area contributed by atoms with Gasteiger partial charge < -0.3 is 10.1 Å². The first-order chi connectivity index (χ1) is 12.1. The van der Waals surface area contributed by atoms with Crippen molar-refractivity contribution in [3.8, 4) is 0 Å². The van der Waals surface area contributed by atoms with E-state index < -0.39 is 0 Å². The first kappa shape index (κ1) is 15.4. The van der Waals surface area contributed by atoms with Crippen LogP contribution in [0.25, 0.3) is 0 Å². The minimum atomic E-state index is -0.119. The number of benzene rings is 1. The van der Waals surface area contributed by atoms with Crippen LogP contribution in [-0.2, 0) is 26.2 Å². The summed E-state index contributed by atoms with van der Waals surface area (Å²) in [5.74, 6) is 0.139. The number of esters is 1. The number of rotatable bonds is 3. The molecule has 5 rings (SSSR count).